The molecular weight excluding hydrogens is 247 g/mol. The van der Waals surface area contributed by atoms with Crippen LogP contribution in [0.1, 0.15) is 53.5 Å². The maximum absolute atomic E-state index is 6.21. The highest BCUT2D eigenvalue weighted by Crippen LogP contribution is 2.17. The van der Waals surface area contributed by atoms with Crippen molar-refractivity contribution in [1.82, 2.24) is 0 Å². The highest BCUT2D eigenvalue weighted by Gasteiger charge is 2.30. The molecule has 1 rings (SSSR count). The van der Waals surface area contributed by atoms with Gasteiger partial charge in [-0.25, -0.2) is 0 Å². The molecule has 0 amide bonds. The number of hydrogen-bond donors (Lipinski definition) is 0. The summed E-state index contributed by atoms with van der Waals surface area (Å²) in [5.74, 6) is 0.623. The van der Waals surface area contributed by atoms with Crippen molar-refractivity contribution >= 4 is 12.6 Å². The normalized spacial score (nSPS) is 11.9. The Morgan fingerprint density at radius 3 is 2.35 bits per heavy atom. The van der Waals surface area contributed by atoms with E-state index in [0.29, 0.717) is 12.5 Å². The molecule has 0 saturated heterocycles. The minimum Gasteiger partial charge on any atom is -0.408 e. The first kappa shape index (κ1) is 17.3. The standard InChI is InChI=1S/C17H29BO2/c1-7-17(5,6)20-18(19-8-2)16-12-10-9-11-15(16)13-14(3)4/h9-12,14H,7-8,13H2,1-6H3. The summed E-state index contributed by atoms with van der Waals surface area (Å²) >= 11 is 0. The van der Waals surface area contributed by atoms with Crippen LogP contribution in [0.3, 0.4) is 0 Å². The Labute approximate surface area is 125 Å². The van der Waals surface area contributed by atoms with E-state index in [9.17, 15) is 0 Å². The van der Waals surface area contributed by atoms with E-state index in [4.69, 9.17) is 9.31 Å². The molecular formula is C17H29BO2. The lowest BCUT2D eigenvalue weighted by atomic mass is 9.73. The van der Waals surface area contributed by atoms with Crippen LogP contribution in [-0.2, 0) is 15.7 Å². The lowest BCUT2D eigenvalue weighted by Gasteiger charge is -2.29. The van der Waals surface area contributed by atoms with Crippen LogP contribution >= 0.6 is 0 Å². The second-order valence-electron chi connectivity index (χ2n) is 6.32. The summed E-state index contributed by atoms with van der Waals surface area (Å²) in [5.41, 5.74) is 2.32. The van der Waals surface area contributed by atoms with Gasteiger partial charge in [0.15, 0.2) is 0 Å². The van der Waals surface area contributed by atoms with Crippen LogP contribution < -0.4 is 5.46 Å². The zero-order chi connectivity index (χ0) is 15.2. The van der Waals surface area contributed by atoms with Crippen LogP contribution in [0, 0.1) is 5.92 Å². The van der Waals surface area contributed by atoms with Gasteiger partial charge in [-0.3, -0.25) is 0 Å². The maximum atomic E-state index is 6.21. The number of hydrogen-bond acceptors (Lipinski definition) is 2. The van der Waals surface area contributed by atoms with E-state index in [0.717, 1.165) is 12.8 Å². The Kier molecular flexibility index (Phi) is 6.77. The van der Waals surface area contributed by atoms with Gasteiger partial charge in [-0.15, -0.1) is 0 Å². The maximum Gasteiger partial charge on any atom is 0.494 e. The Bertz CT molecular complexity index is 402. The number of rotatable bonds is 8. The molecule has 0 heterocycles. The zero-order valence-electron chi connectivity index (χ0n) is 13.9. The predicted molar refractivity (Wildman–Crippen MR) is 87.5 cm³/mol. The minimum absolute atomic E-state index is 0.176. The molecule has 0 aliphatic carbocycles. The third kappa shape index (κ3) is 5.30. The molecule has 0 fully saturated rings. The quantitative estimate of drug-likeness (QED) is 0.672. The molecule has 0 radical (unpaired) electrons. The SMILES string of the molecule is CCOB(OC(C)(C)CC)c1ccccc1CC(C)C. The molecule has 1 aromatic carbocycles. The van der Waals surface area contributed by atoms with E-state index in [1.54, 1.807) is 0 Å². The first-order valence-corrected chi connectivity index (χ1v) is 7.76. The van der Waals surface area contributed by atoms with E-state index in [1.807, 2.05) is 6.92 Å². The largest absolute Gasteiger partial charge is 0.494 e. The van der Waals surface area contributed by atoms with Crippen molar-refractivity contribution in [3.8, 4) is 0 Å². The molecule has 0 aliphatic rings. The van der Waals surface area contributed by atoms with Crippen molar-refractivity contribution in [2.24, 2.45) is 5.92 Å². The van der Waals surface area contributed by atoms with Gasteiger partial charge in [-0.1, -0.05) is 45.0 Å². The fraction of sp³-hybridized carbons (Fsp3) is 0.647. The lowest BCUT2D eigenvalue weighted by Crippen LogP contribution is -2.45. The lowest BCUT2D eigenvalue weighted by molar-refractivity contribution is 0.0705. The molecule has 0 saturated carbocycles. The summed E-state index contributed by atoms with van der Waals surface area (Å²) in [4.78, 5) is 0. The molecule has 0 bridgehead atoms. The summed E-state index contributed by atoms with van der Waals surface area (Å²) in [5, 5.41) is 0. The van der Waals surface area contributed by atoms with Gasteiger partial charge in [-0.05, 0) is 50.6 Å². The van der Waals surface area contributed by atoms with E-state index in [1.165, 1.54) is 11.0 Å². The second-order valence-corrected chi connectivity index (χ2v) is 6.32. The first-order chi connectivity index (χ1) is 9.39. The van der Waals surface area contributed by atoms with Gasteiger partial charge in [0.2, 0.25) is 0 Å². The zero-order valence-corrected chi connectivity index (χ0v) is 13.9. The summed E-state index contributed by atoms with van der Waals surface area (Å²) in [6, 6.07) is 8.47. The topological polar surface area (TPSA) is 18.5 Å². The van der Waals surface area contributed by atoms with E-state index < -0.39 is 0 Å². The Morgan fingerprint density at radius 1 is 1.15 bits per heavy atom. The first-order valence-electron chi connectivity index (χ1n) is 7.76. The molecule has 112 valence electrons. The Morgan fingerprint density at radius 2 is 1.80 bits per heavy atom. The van der Waals surface area contributed by atoms with Crippen molar-refractivity contribution in [2.45, 2.75) is 60.0 Å². The molecule has 3 heteroatoms. The van der Waals surface area contributed by atoms with Crippen molar-refractivity contribution in [3.05, 3.63) is 29.8 Å². The fourth-order valence-electron chi connectivity index (χ4n) is 2.10. The van der Waals surface area contributed by atoms with Crippen LogP contribution in [-0.4, -0.2) is 19.3 Å². The minimum atomic E-state index is -0.273. The highest BCUT2D eigenvalue weighted by atomic mass is 16.6. The van der Waals surface area contributed by atoms with Crippen LogP contribution in [0.2, 0.25) is 0 Å². The van der Waals surface area contributed by atoms with Crippen molar-refractivity contribution < 1.29 is 9.31 Å². The van der Waals surface area contributed by atoms with Crippen molar-refractivity contribution in [2.75, 3.05) is 6.61 Å². The average Bonchev–Trinajstić information content (AvgIpc) is 2.38. The van der Waals surface area contributed by atoms with Gasteiger partial charge in [-0.2, -0.15) is 0 Å². The third-order valence-electron chi connectivity index (χ3n) is 3.53. The van der Waals surface area contributed by atoms with Gasteiger partial charge in [0.25, 0.3) is 0 Å². The highest BCUT2D eigenvalue weighted by molar-refractivity contribution is 6.62. The molecule has 2 nitrogen and oxygen atoms in total. The van der Waals surface area contributed by atoms with Gasteiger partial charge < -0.3 is 9.31 Å². The molecule has 0 aromatic heterocycles. The van der Waals surface area contributed by atoms with Crippen LogP contribution in [0.5, 0.6) is 0 Å². The monoisotopic (exact) mass is 276 g/mol. The summed E-state index contributed by atoms with van der Waals surface area (Å²) in [7, 11) is -0.273. The number of benzene rings is 1. The van der Waals surface area contributed by atoms with Gasteiger partial charge in [0.1, 0.15) is 0 Å². The Hall–Kier alpha value is -0.795. The summed E-state index contributed by atoms with van der Waals surface area (Å²) < 4.78 is 12.1. The van der Waals surface area contributed by atoms with Crippen LogP contribution in [0.25, 0.3) is 0 Å². The second kappa shape index (κ2) is 7.85. The molecule has 0 spiro atoms. The van der Waals surface area contributed by atoms with Gasteiger partial charge in [0.05, 0.1) is 0 Å². The average molecular weight is 276 g/mol. The Balaban J connectivity index is 3.02. The molecule has 0 unspecified atom stereocenters. The molecule has 0 aliphatic heterocycles. The predicted octanol–water partition coefficient (Wildman–Crippen LogP) is 3.82. The third-order valence-corrected chi connectivity index (χ3v) is 3.53. The van der Waals surface area contributed by atoms with Gasteiger partial charge >= 0.3 is 7.12 Å². The molecule has 20 heavy (non-hydrogen) atoms. The van der Waals surface area contributed by atoms with Crippen LogP contribution in [0.15, 0.2) is 24.3 Å². The molecule has 0 N–H and O–H groups in total. The fourth-order valence-corrected chi connectivity index (χ4v) is 2.10. The molecule has 0 atom stereocenters. The van der Waals surface area contributed by atoms with E-state index >= 15 is 0 Å². The smallest absolute Gasteiger partial charge is 0.408 e. The summed E-state index contributed by atoms with van der Waals surface area (Å²) in [6.45, 7) is 13.5. The molecule has 1 aromatic rings. The van der Waals surface area contributed by atoms with Gasteiger partial charge in [0, 0.05) is 12.2 Å². The van der Waals surface area contributed by atoms with E-state index in [2.05, 4.69) is 58.9 Å². The van der Waals surface area contributed by atoms with E-state index in [-0.39, 0.29) is 12.7 Å². The van der Waals surface area contributed by atoms with Crippen molar-refractivity contribution in [3.63, 3.8) is 0 Å². The summed E-state index contributed by atoms with van der Waals surface area (Å²) in [6.07, 6.45) is 2.01. The van der Waals surface area contributed by atoms with Crippen molar-refractivity contribution in [1.29, 1.82) is 0 Å². The van der Waals surface area contributed by atoms with Crippen LogP contribution in [0.4, 0.5) is 0 Å².